The molecule has 0 aliphatic carbocycles. The Labute approximate surface area is 113 Å². The summed E-state index contributed by atoms with van der Waals surface area (Å²) in [4.78, 5) is 13.4. The van der Waals surface area contributed by atoms with E-state index in [4.69, 9.17) is 4.74 Å². The number of aromatic nitrogens is 4. The largest absolute Gasteiger partial charge is 0.468 e. The lowest BCUT2D eigenvalue weighted by atomic mass is 10.3. The van der Waals surface area contributed by atoms with Crippen LogP contribution in [0.4, 0.5) is 0 Å². The van der Waals surface area contributed by atoms with Crippen LogP contribution in [0.1, 0.15) is 38.9 Å². The summed E-state index contributed by atoms with van der Waals surface area (Å²) in [6.07, 6.45) is 3.11. The standard InChI is InChI=1S/C12H23N5O2/c1-4-6-8-17-11(13-14-15-17)9-16(7-5-2)10-12(18)19-3/h4-10H2,1-3H3. The number of unbranched alkanes of at least 4 members (excludes halogenated alkanes) is 1. The highest BCUT2D eigenvalue weighted by atomic mass is 16.5. The monoisotopic (exact) mass is 269 g/mol. The number of ether oxygens (including phenoxy) is 1. The highest BCUT2D eigenvalue weighted by molar-refractivity contribution is 5.71. The third kappa shape index (κ3) is 5.34. The maximum absolute atomic E-state index is 11.4. The zero-order valence-corrected chi connectivity index (χ0v) is 12.0. The fourth-order valence-electron chi connectivity index (χ4n) is 1.80. The van der Waals surface area contributed by atoms with Crippen LogP contribution in [0.2, 0.25) is 0 Å². The number of carbonyl (C=O) groups is 1. The number of hydrogen-bond acceptors (Lipinski definition) is 6. The van der Waals surface area contributed by atoms with E-state index in [0.29, 0.717) is 6.54 Å². The summed E-state index contributed by atoms with van der Waals surface area (Å²) in [6, 6.07) is 0. The summed E-state index contributed by atoms with van der Waals surface area (Å²) in [5, 5.41) is 11.7. The topological polar surface area (TPSA) is 73.1 Å². The quantitative estimate of drug-likeness (QED) is 0.619. The van der Waals surface area contributed by atoms with E-state index in [1.54, 1.807) is 0 Å². The Kier molecular flexibility index (Phi) is 7.02. The number of aryl methyl sites for hydroxylation is 1. The lowest BCUT2D eigenvalue weighted by Gasteiger charge is -2.19. The van der Waals surface area contributed by atoms with Crippen molar-refractivity contribution >= 4 is 5.97 Å². The molecule has 7 nitrogen and oxygen atoms in total. The molecule has 0 aromatic carbocycles. The van der Waals surface area contributed by atoms with E-state index in [9.17, 15) is 4.79 Å². The van der Waals surface area contributed by atoms with Gasteiger partial charge in [0.25, 0.3) is 0 Å². The number of methoxy groups -OCH3 is 1. The van der Waals surface area contributed by atoms with Gasteiger partial charge in [-0.2, -0.15) is 0 Å². The van der Waals surface area contributed by atoms with E-state index < -0.39 is 0 Å². The Morgan fingerprint density at radius 1 is 1.37 bits per heavy atom. The fourth-order valence-corrected chi connectivity index (χ4v) is 1.80. The predicted molar refractivity (Wildman–Crippen MR) is 70.3 cm³/mol. The van der Waals surface area contributed by atoms with Gasteiger partial charge in [0, 0.05) is 6.54 Å². The van der Waals surface area contributed by atoms with Crippen LogP contribution in [0.5, 0.6) is 0 Å². The third-order valence-electron chi connectivity index (χ3n) is 2.81. The van der Waals surface area contributed by atoms with Crippen molar-refractivity contribution in [2.45, 2.75) is 46.2 Å². The first kappa shape index (κ1) is 15.6. The Hall–Kier alpha value is -1.50. The Bertz CT molecular complexity index is 380. The highest BCUT2D eigenvalue weighted by Crippen LogP contribution is 2.03. The molecule has 0 saturated heterocycles. The van der Waals surface area contributed by atoms with Crippen molar-refractivity contribution in [1.29, 1.82) is 0 Å². The van der Waals surface area contributed by atoms with Gasteiger partial charge >= 0.3 is 5.97 Å². The van der Waals surface area contributed by atoms with E-state index in [-0.39, 0.29) is 12.5 Å². The minimum absolute atomic E-state index is 0.235. The second kappa shape index (κ2) is 8.58. The molecule has 1 aromatic rings. The van der Waals surface area contributed by atoms with Gasteiger partial charge in [0.2, 0.25) is 0 Å². The van der Waals surface area contributed by atoms with Crippen molar-refractivity contribution in [1.82, 2.24) is 25.1 Å². The van der Waals surface area contributed by atoms with Crippen molar-refractivity contribution in [3.8, 4) is 0 Å². The summed E-state index contributed by atoms with van der Waals surface area (Å²) < 4.78 is 6.51. The first-order valence-corrected chi connectivity index (χ1v) is 6.75. The van der Waals surface area contributed by atoms with Crippen molar-refractivity contribution in [2.75, 3.05) is 20.2 Å². The summed E-state index contributed by atoms with van der Waals surface area (Å²) in [7, 11) is 1.40. The summed E-state index contributed by atoms with van der Waals surface area (Å²) in [5.74, 6) is 0.562. The summed E-state index contributed by atoms with van der Waals surface area (Å²) in [6.45, 7) is 6.67. The molecule has 0 radical (unpaired) electrons. The Balaban J connectivity index is 2.62. The van der Waals surface area contributed by atoms with Crippen LogP contribution in [0, 0.1) is 0 Å². The number of esters is 1. The van der Waals surface area contributed by atoms with E-state index in [1.807, 2.05) is 9.58 Å². The van der Waals surface area contributed by atoms with Crippen molar-refractivity contribution in [2.24, 2.45) is 0 Å². The molecule has 0 spiro atoms. The van der Waals surface area contributed by atoms with Gasteiger partial charge in [-0.25, -0.2) is 4.68 Å². The lowest BCUT2D eigenvalue weighted by Crippen LogP contribution is -2.32. The molecule has 0 aliphatic heterocycles. The molecular formula is C12H23N5O2. The average molecular weight is 269 g/mol. The molecule has 1 heterocycles. The molecule has 108 valence electrons. The first-order chi connectivity index (χ1) is 9.21. The summed E-state index contributed by atoms with van der Waals surface area (Å²) >= 11 is 0. The lowest BCUT2D eigenvalue weighted by molar-refractivity contribution is -0.142. The molecule has 0 unspecified atom stereocenters. The van der Waals surface area contributed by atoms with E-state index in [0.717, 1.165) is 38.2 Å². The van der Waals surface area contributed by atoms with Crippen LogP contribution >= 0.6 is 0 Å². The maximum atomic E-state index is 11.4. The predicted octanol–water partition coefficient (Wildman–Crippen LogP) is 0.858. The van der Waals surface area contributed by atoms with Crippen LogP contribution in [0.3, 0.4) is 0 Å². The molecule has 0 N–H and O–H groups in total. The van der Waals surface area contributed by atoms with Gasteiger partial charge in [0.05, 0.1) is 20.2 Å². The molecule has 1 aromatic heterocycles. The van der Waals surface area contributed by atoms with Gasteiger partial charge in [-0.3, -0.25) is 9.69 Å². The van der Waals surface area contributed by atoms with Crippen LogP contribution in [-0.4, -0.2) is 51.3 Å². The van der Waals surface area contributed by atoms with E-state index in [2.05, 4.69) is 29.4 Å². The van der Waals surface area contributed by atoms with Crippen LogP contribution in [-0.2, 0) is 22.6 Å². The molecule has 0 bridgehead atoms. The van der Waals surface area contributed by atoms with Gasteiger partial charge in [-0.05, 0) is 29.8 Å². The van der Waals surface area contributed by atoms with Crippen molar-refractivity contribution in [3.05, 3.63) is 5.82 Å². The normalized spacial score (nSPS) is 10.9. The van der Waals surface area contributed by atoms with Crippen molar-refractivity contribution < 1.29 is 9.53 Å². The number of rotatable bonds is 9. The molecule has 0 saturated carbocycles. The second-order valence-electron chi connectivity index (χ2n) is 4.46. The van der Waals surface area contributed by atoms with Gasteiger partial charge in [0.1, 0.15) is 0 Å². The molecule has 7 heteroatoms. The third-order valence-corrected chi connectivity index (χ3v) is 2.81. The van der Waals surface area contributed by atoms with Crippen LogP contribution < -0.4 is 0 Å². The van der Waals surface area contributed by atoms with Gasteiger partial charge in [-0.15, -0.1) is 5.10 Å². The molecule has 0 atom stereocenters. The Morgan fingerprint density at radius 2 is 2.16 bits per heavy atom. The van der Waals surface area contributed by atoms with E-state index >= 15 is 0 Å². The molecule has 0 amide bonds. The smallest absolute Gasteiger partial charge is 0.319 e. The van der Waals surface area contributed by atoms with E-state index in [1.165, 1.54) is 7.11 Å². The second-order valence-corrected chi connectivity index (χ2v) is 4.46. The molecular weight excluding hydrogens is 246 g/mol. The van der Waals surface area contributed by atoms with Gasteiger partial charge in [-0.1, -0.05) is 20.3 Å². The Morgan fingerprint density at radius 3 is 2.79 bits per heavy atom. The minimum Gasteiger partial charge on any atom is -0.468 e. The summed E-state index contributed by atoms with van der Waals surface area (Å²) in [5.41, 5.74) is 0. The van der Waals surface area contributed by atoms with Gasteiger partial charge < -0.3 is 4.74 Å². The number of tetrazole rings is 1. The number of nitrogens with zero attached hydrogens (tertiary/aromatic N) is 5. The first-order valence-electron chi connectivity index (χ1n) is 6.75. The zero-order chi connectivity index (χ0) is 14.1. The highest BCUT2D eigenvalue weighted by Gasteiger charge is 2.14. The molecule has 1 rings (SSSR count). The minimum atomic E-state index is -0.235. The molecule has 0 aliphatic rings. The van der Waals surface area contributed by atoms with Crippen LogP contribution in [0.15, 0.2) is 0 Å². The van der Waals surface area contributed by atoms with Crippen LogP contribution in [0.25, 0.3) is 0 Å². The van der Waals surface area contributed by atoms with Crippen molar-refractivity contribution in [3.63, 3.8) is 0 Å². The number of carbonyl (C=O) groups excluding carboxylic acids is 1. The zero-order valence-electron chi connectivity index (χ0n) is 12.0. The average Bonchev–Trinajstić information content (AvgIpc) is 2.83. The molecule has 19 heavy (non-hydrogen) atoms. The maximum Gasteiger partial charge on any atom is 0.319 e. The SMILES string of the molecule is CCCCn1nnnc1CN(CCC)CC(=O)OC. The fraction of sp³-hybridized carbons (Fsp3) is 0.833. The van der Waals surface area contributed by atoms with Gasteiger partial charge in [0.15, 0.2) is 5.82 Å². The molecule has 0 fully saturated rings. The number of hydrogen-bond donors (Lipinski definition) is 0.